The topological polar surface area (TPSA) is 23.6 Å². The van der Waals surface area contributed by atoms with Crippen LogP contribution in [-0.2, 0) is 4.79 Å². The lowest BCUT2D eigenvalue weighted by Gasteiger charge is -2.53. The molecule has 2 atom stereocenters. The molecule has 4 bridgehead atoms. The van der Waals surface area contributed by atoms with Gasteiger partial charge < -0.3 is 9.71 Å². The van der Waals surface area contributed by atoms with Gasteiger partial charge in [-0.2, -0.15) is 0 Å². The van der Waals surface area contributed by atoms with Crippen LogP contribution < -0.4 is 4.81 Å². The van der Waals surface area contributed by atoms with Gasteiger partial charge in [0.2, 0.25) is 13.9 Å². The van der Waals surface area contributed by atoms with Crippen molar-refractivity contribution in [1.82, 2.24) is 4.90 Å². The molecule has 4 heteroatoms. The average Bonchev–Trinajstić information content (AvgIpc) is 2.63. The number of nitrogens with zero attached hydrogens (tertiary/aromatic N) is 2. The largest absolute Gasteiger partial charge is 0.366 e. The molecular formula is C21H21BN2O. The van der Waals surface area contributed by atoms with Gasteiger partial charge in [-0.15, -0.1) is 0 Å². The third-order valence-electron chi connectivity index (χ3n) is 6.19. The number of benzene rings is 2. The zero-order valence-electron chi connectivity index (χ0n) is 14.3. The SMILES string of the molecule is [B]N(C(=O)C=C1C2CC3CC1CN(C3)C2)c1ccc2ccccc2c1. The van der Waals surface area contributed by atoms with Crippen LogP contribution in [0, 0.1) is 17.8 Å². The molecule has 0 spiro atoms. The fourth-order valence-electron chi connectivity index (χ4n) is 5.13. The highest BCUT2D eigenvalue weighted by atomic mass is 16.2. The molecule has 3 nitrogen and oxygen atoms in total. The van der Waals surface area contributed by atoms with Crippen molar-refractivity contribution < 1.29 is 4.79 Å². The highest BCUT2D eigenvalue weighted by molar-refractivity contribution is 6.33. The van der Waals surface area contributed by atoms with Gasteiger partial charge in [0, 0.05) is 31.4 Å². The van der Waals surface area contributed by atoms with E-state index in [1.165, 1.54) is 29.8 Å². The smallest absolute Gasteiger partial charge is 0.239 e. The zero-order valence-corrected chi connectivity index (χ0v) is 14.3. The second kappa shape index (κ2) is 5.74. The Bertz CT molecular complexity index is 845. The molecule has 0 N–H and O–H groups in total. The van der Waals surface area contributed by atoms with Gasteiger partial charge in [0.15, 0.2) is 0 Å². The van der Waals surface area contributed by atoms with Crippen LogP contribution in [0.4, 0.5) is 5.69 Å². The zero-order chi connectivity index (χ0) is 17.0. The molecule has 4 fully saturated rings. The van der Waals surface area contributed by atoms with E-state index < -0.39 is 0 Å². The molecule has 3 aliphatic heterocycles. The maximum absolute atomic E-state index is 12.8. The molecule has 25 heavy (non-hydrogen) atoms. The number of piperidine rings is 3. The van der Waals surface area contributed by atoms with E-state index in [0.29, 0.717) is 11.8 Å². The van der Waals surface area contributed by atoms with E-state index in [1.54, 1.807) is 0 Å². The first-order valence-corrected chi connectivity index (χ1v) is 9.19. The van der Waals surface area contributed by atoms with E-state index in [1.807, 2.05) is 42.5 Å². The summed E-state index contributed by atoms with van der Waals surface area (Å²) < 4.78 is 0. The summed E-state index contributed by atoms with van der Waals surface area (Å²) in [5.41, 5.74) is 2.08. The predicted octanol–water partition coefficient (Wildman–Crippen LogP) is 3.15. The van der Waals surface area contributed by atoms with Gasteiger partial charge >= 0.3 is 0 Å². The second-order valence-corrected chi connectivity index (χ2v) is 7.83. The summed E-state index contributed by atoms with van der Waals surface area (Å²) in [6.45, 7) is 3.49. The van der Waals surface area contributed by atoms with Crippen LogP contribution in [0.25, 0.3) is 10.8 Å². The first kappa shape index (κ1) is 15.2. The molecule has 1 saturated carbocycles. The fraction of sp³-hybridized carbons (Fsp3) is 0.381. The van der Waals surface area contributed by atoms with Crippen molar-refractivity contribution in [3.05, 3.63) is 54.1 Å². The maximum Gasteiger partial charge on any atom is 0.239 e. The third-order valence-corrected chi connectivity index (χ3v) is 6.19. The van der Waals surface area contributed by atoms with E-state index in [9.17, 15) is 4.79 Å². The lowest BCUT2D eigenvalue weighted by Crippen LogP contribution is -2.54. The molecule has 0 aromatic heterocycles. The van der Waals surface area contributed by atoms with Gasteiger partial charge in [-0.3, -0.25) is 4.79 Å². The lowest BCUT2D eigenvalue weighted by molar-refractivity contribution is -0.113. The van der Waals surface area contributed by atoms with Crippen molar-refractivity contribution in [1.29, 1.82) is 0 Å². The standard InChI is InChI=1S/C21H21BN2O/c22-24(19-6-5-15-3-1-2-4-16(15)9-19)21(25)10-20-17-7-14-8-18(20)13-23(11-14)12-17/h1-6,9-10,14,17-18H,7-8,11-13H2. The summed E-state index contributed by atoms with van der Waals surface area (Å²) in [5.74, 6) is 1.84. The quantitative estimate of drug-likeness (QED) is 0.625. The Hall–Kier alpha value is -2.07. The minimum Gasteiger partial charge on any atom is -0.366 e. The number of carbonyl (C=O) groups excluding carboxylic acids is 1. The minimum absolute atomic E-state index is 0.104. The molecule has 2 aromatic carbocycles. The Labute approximate surface area is 149 Å². The fourth-order valence-corrected chi connectivity index (χ4v) is 5.13. The van der Waals surface area contributed by atoms with E-state index >= 15 is 0 Å². The third kappa shape index (κ3) is 2.60. The maximum atomic E-state index is 12.8. The highest BCUT2D eigenvalue weighted by Crippen LogP contribution is 2.46. The molecule has 4 aliphatic rings. The van der Waals surface area contributed by atoms with Gasteiger partial charge in [-0.25, -0.2) is 0 Å². The summed E-state index contributed by atoms with van der Waals surface area (Å²) in [7, 11) is 6.16. The van der Waals surface area contributed by atoms with Gasteiger partial charge in [-0.05, 0) is 53.5 Å². The Kier molecular flexibility index (Phi) is 3.49. The van der Waals surface area contributed by atoms with E-state index in [2.05, 4.69) is 11.0 Å². The lowest BCUT2D eigenvalue weighted by atomic mass is 9.65. The first-order chi connectivity index (χ1) is 12.2. The van der Waals surface area contributed by atoms with Crippen LogP contribution in [-0.4, -0.2) is 38.4 Å². The first-order valence-electron chi connectivity index (χ1n) is 9.19. The van der Waals surface area contributed by atoms with Gasteiger partial charge in [0.1, 0.15) is 0 Å². The number of anilines is 1. The molecule has 3 saturated heterocycles. The number of amides is 1. The van der Waals surface area contributed by atoms with Crippen molar-refractivity contribution in [2.24, 2.45) is 17.8 Å². The highest BCUT2D eigenvalue weighted by Gasteiger charge is 2.44. The molecule has 1 aliphatic carbocycles. The van der Waals surface area contributed by atoms with Crippen LogP contribution >= 0.6 is 0 Å². The van der Waals surface area contributed by atoms with Crippen LogP contribution in [0.3, 0.4) is 0 Å². The summed E-state index contributed by atoms with van der Waals surface area (Å²) in [4.78, 5) is 16.6. The molecule has 3 heterocycles. The number of hydrogen-bond donors (Lipinski definition) is 0. The number of carbonyl (C=O) groups is 1. The van der Waals surface area contributed by atoms with Gasteiger partial charge in [0.05, 0.1) is 0 Å². The van der Waals surface area contributed by atoms with Crippen LogP contribution in [0.15, 0.2) is 54.1 Å². The molecule has 2 unspecified atom stereocenters. The van der Waals surface area contributed by atoms with Crippen molar-refractivity contribution in [3.8, 4) is 0 Å². The Morgan fingerprint density at radius 1 is 1.04 bits per heavy atom. The molecule has 124 valence electrons. The summed E-state index contributed by atoms with van der Waals surface area (Å²) in [5, 5.41) is 2.25. The van der Waals surface area contributed by atoms with Gasteiger partial charge in [-0.1, -0.05) is 35.9 Å². The minimum atomic E-state index is -0.104. The molecule has 1 amide bonds. The Balaban J connectivity index is 1.41. The molecule has 2 radical (unpaired) electrons. The summed E-state index contributed by atoms with van der Waals surface area (Å²) in [6, 6.07) is 14.0. The number of hydrogen-bond acceptors (Lipinski definition) is 2. The van der Waals surface area contributed by atoms with Crippen molar-refractivity contribution in [2.75, 3.05) is 24.4 Å². The van der Waals surface area contributed by atoms with Crippen molar-refractivity contribution >= 4 is 30.3 Å². The summed E-state index contributed by atoms with van der Waals surface area (Å²) in [6.07, 6.45) is 4.32. The predicted molar refractivity (Wildman–Crippen MR) is 101 cm³/mol. The van der Waals surface area contributed by atoms with E-state index in [0.717, 1.165) is 35.5 Å². The number of rotatable bonds is 2. The Morgan fingerprint density at radius 3 is 2.48 bits per heavy atom. The summed E-state index contributed by atoms with van der Waals surface area (Å²) >= 11 is 0. The second-order valence-electron chi connectivity index (χ2n) is 7.83. The normalized spacial score (nSPS) is 29.8. The van der Waals surface area contributed by atoms with Crippen LogP contribution in [0.5, 0.6) is 0 Å². The Morgan fingerprint density at radius 2 is 1.76 bits per heavy atom. The van der Waals surface area contributed by atoms with Crippen molar-refractivity contribution in [2.45, 2.75) is 12.8 Å². The monoisotopic (exact) mass is 328 g/mol. The molecule has 6 rings (SSSR count). The van der Waals surface area contributed by atoms with Crippen molar-refractivity contribution in [3.63, 3.8) is 0 Å². The van der Waals surface area contributed by atoms with E-state index in [-0.39, 0.29) is 5.91 Å². The van der Waals surface area contributed by atoms with Crippen LogP contribution in [0.2, 0.25) is 0 Å². The number of fused-ring (bicyclic) bond motifs is 1. The van der Waals surface area contributed by atoms with E-state index in [4.69, 9.17) is 7.98 Å². The average molecular weight is 328 g/mol. The molecular weight excluding hydrogens is 307 g/mol. The van der Waals surface area contributed by atoms with Crippen LogP contribution in [0.1, 0.15) is 12.8 Å². The van der Waals surface area contributed by atoms with Gasteiger partial charge in [0.25, 0.3) is 0 Å². The molecule has 2 aromatic rings.